The van der Waals surface area contributed by atoms with Crippen LogP contribution in [0.15, 0.2) is 24.3 Å². The van der Waals surface area contributed by atoms with E-state index in [2.05, 4.69) is 36.2 Å². The highest BCUT2D eigenvalue weighted by Crippen LogP contribution is 2.20. The summed E-state index contributed by atoms with van der Waals surface area (Å²) in [6.45, 7) is 7.62. The summed E-state index contributed by atoms with van der Waals surface area (Å²) in [6.07, 6.45) is 9.10. The molecule has 0 unspecified atom stereocenters. The van der Waals surface area contributed by atoms with E-state index in [9.17, 15) is 9.59 Å². The molecule has 0 spiro atoms. The Morgan fingerprint density at radius 1 is 0.821 bits per heavy atom. The van der Waals surface area contributed by atoms with Crippen molar-refractivity contribution in [2.75, 3.05) is 36.4 Å². The molecule has 1 aliphatic heterocycles. The number of anilines is 2. The van der Waals surface area contributed by atoms with Crippen LogP contribution in [0.3, 0.4) is 0 Å². The largest absolute Gasteiger partial charge is 0.368 e. The molecule has 0 saturated carbocycles. The molecule has 0 aliphatic carbocycles. The maximum Gasteiger partial charge on any atom is 0.224 e. The standard InChI is InChI=1S/C23H37N3O2/c1-3-5-7-8-9-10-22(27)24-20-12-14-21(15-13-20)25-16-18-26(19-17-25)23(28)11-6-4-2/h12-15H,3-11,16-19H2,1-2H3,(H,24,27). The van der Waals surface area contributed by atoms with Crippen LogP contribution in [0.25, 0.3) is 0 Å². The van der Waals surface area contributed by atoms with Gasteiger partial charge in [0.2, 0.25) is 11.8 Å². The van der Waals surface area contributed by atoms with Crippen LogP contribution < -0.4 is 10.2 Å². The Kier molecular flexibility index (Phi) is 9.87. The highest BCUT2D eigenvalue weighted by Gasteiger charge is 2.20. The molecule has 1 aromatic rings. The number of benzene rings is 1. The number of nitrogens with one attached hydrogen (secondary N) is 1. The molecule has 1 aliphatic rings. The predicted molar refractivity (Wildman–Crippen MR) is 117 cm³/mol. The number of hydrogen-bond acceptors (Lipinski definition) is 3. The third-order valence-corrected chi connectivity index (χ3v) is 5.40. The lowest BCUT2D eigenvalue weighted by Crippen LogP contribution is -2.48. The molecule has 28 heavy (non-hydrogen) atoms. The number of nitrogens with zero attached hydrogens (tertiary/aromatic N) is 2. The third-order valence-electron chi connectivity index (χ3n) is 5.40. The number of carbonyl (C=O) groups is 2. The van der Waals surface area contributed by atoms with Crippen molar-refractivity contribution >= 4 is 23.2 Å². The van der Waals surface area contributed by atoms with Gasteiger partial charge in [-0.3, -0.25) is 9.59 Å². The van der Waals surface area contributed by atoms with Gasteiger partial charge in [0.25, 0.3) is 0 Å². The van der Waals surface area contributed by atoms with Gasteiger partial charge >= 0.3 is 0 Å². The van der Waals surface area contributed by atoms with Crippen molar-refractivity contribution in [2.45, 2.75) is 71.6 Å². The van der Waals surface area contributed by atoms with Crippen LogP contribution in [0.5, 0.6) is 0 Å². The zero-order valence-corrected chi connectivity index (χ0v) is 17.7. The van der Waals surface area contributed by atoms with Gasteiger partial charge in [-0.1, -0.05) is 46.0 Å². The van der Waals surface area contributed by atoms with E-state index in [4.69, 9.17) is 0 Å². The first-order chi connectivity index (χ1) is 13.6. The number of carbonyl (C=O) groups excluding carboxylic acids is 2. The second-order valence-electron chi connectivity index (χ2n) is 7.73. The average Bonchev–Trinajstić information content (AvgIpc) is 2.72. The minimum atomic E-state index is 0.100. The fourth-order valence-corrected chi connectivity index (χ4v) is 3.57. The topological polar surface area (TPSA) is 52.7 Å². The van der Waals surface area contributed by atoms with E-state index in [1.807, 2.05) is 17.0 Å². The molecule has 0 radical (unpaired) electrons. The number of amides is 2. The second kappa shape index (κ2) is 12.4. The monoisotopic (exact) mass is 387 g/mol. The van der Waals surface area contributed by atoms with E-state index in [1.54, 1.807) is 0 Å². The Labute approximate surface area is 170 Å². The highest BCUT2D eigenvalue weighted by atomic mass is 16.2. The first-order valence-electron chi connectivity index (χ1n) is 11.1. The summed E-state index contributed by atoms with van der Waals surface area (Å²) >= 11 is 0. The smallest absolute Gasteiger partial charge is 0.224 e. The Morgan fingerprint density at radius 2 is 1.46 bits per heavy atom. The van der Waals surface area contributed by atoms with E-state index in [0.717, 1.165) is 63.2 Å². The van der Waals surface area contributed by atoms with E-state index in [-0.39, 0.29) is 11.8 Å². The summed E-state index contributed by atoms with van der Waals surface area (Å²) in [7, 11) is 0. The lowest BCUT2D eigenvalue weighted by Gasteiger charge is -2.36. The molecule has 5 heteroatoms. The van der Waals surface area contributed by atoms with Crippen molar-refractivity contribution in [1.82, 2.24) is 4.90 Å². The summed E-state index contributed by atoms with van der Waals surface area (Å²) in [6, 6.07) is 8.07. The van der Waals surface area contributed by atoms with E-state index in [1.165, 1.54) is 19.3 Å². The van der Waals surface area contributed by atoms with Crippen LogP contribution in [0.2, 0.25) is 0 Å². The van der Waals surface area contributed by atoms with E-state index < -0.39 is 0 Å². The highest BCUT2D eigenvalue weighted by molar-refractivity contribution is 5.90. The Balaban J connectivity index is 1.72. The molecule has 156 valence electrons. The van der Waals surface area contributed by atoms with Crippen molar-refractivity contribution in [3.05, 3.63) is 24.3 Å². The zero-order chi connectivity index (χ0) is 20.2. The van der Waals surface area contributed by atoms with Gasteiger partial charge in [0.1, 0.15) is 0 Å². The molecule has 1 N–H and O–H groups in total. The molecule has 1 heterocycles. The molecule has 2 rings (SSSR count). The average molecular weight is 388 g/mol. The van der Waals surface area contributed by atoms with Gasteiger partial charge in [0, 0.05) is 50.4 Å². The normalized spacial score (nSPS) is 14.2. The van der Waals surface area contributed by atoms with Gasteiger partial charge in [-0.2, -0.15) is 0 Å². The van der Waals surface area contributed by atoms with Gasteiger partial charge in [-0.15, -0.1) is 0 Å². The second-order valence-corrected chi connectivity index (χ2v) is 7.73. The van der Waals surface area contributed by atoms with E-state index in [0.29, 0.717) is 12.8 Å². The summed E-state index contributed by atoms with van der Waals surface area (Å²) in [5, 5.41) is 2.99. The summed E-state index contributed by atoms with van der Waals surface area (Å²) in [5.74, 6) is 0.387. The summed E-state index contributed by atoms with van der Waals surface area (Å²) < 4.78 is 0. The van der Waals surface area contributed by atoms with Crippen molar-refractivity contribution < 1.29 is 9.59 Å². The number of piperazine rings is 1. The molecule has 0 atom stereocenters. The molecular formula is C23H37N3O2. The van der Waals surface area contributed by atoms with Crippen molar-refractivity contribution in [1.29, 1.82) is 0 Å². The summed E-state index contributed by atoms with van der Waals surface area (Å²) in [4.78, 5) is 28.5. The minimum Gasteiger partial charge on any atom is -0.368 e. The van der Waals surface area contributed by atoms with Crippen LogP contribution in [0.1, 0.15) is 71.6 Å². The Bertz CT molecular complexity index is 592. The first kappa shape index (κ1) is 22.3. The number of hydrogen-bond donors (Lipinski definition) is 1. The van der Waals surface area contributed by atoms with Crippen molar-refractivity contribution in [2.24, 2.45) is 0 Å². The molecule has 1 aromatic carbocycles. The zero-order valence-electron chi connectivity index (χ0n) is 17.7. The van der Waals surface area contributed by atoms with Crippen molar-refractivity contribution in [3.8, 4) is 0 Å². The quantitative estimate of drug-likeness (QED) is 0.554. The number of rotatable bonds is 11. The van der Waals surface area contributed by atoms with Crippen LogP contribution in [0.4, 0.5) is 11.4 Å². The lowest BCUT2D eigenvalue weighted by molar-refractivity contribution is -0.131. The lowest BCUT2D eigenvalue weighted by atomic mass is 10.1. The van der Waals surface area contributed by atoms with Crippen LogP contribution >= 0.6 is 0 Å². The molecule has 5 nitrogen and oxygen atoms in total. The summed E-state index contributed by atoms with van der Waals surface area (Å²) in [5.41, 5.74) is 2.01. The molecule has 0 bridgehead atoms. The molecule has 0 aromatic heterocycles. The third kappa shape index (κ3) is 7.53. The van der Waals surface area contributed by atoms with Gasteiger partial charge < -0.3 is 15.1 Å². The Morgan fingerprint density at radius 3 is 2.11 bits per heavy atom. The van der Waals surface area contributed by atoms with Crippen LogP contribution in [-0.4, -0.2) is 42.9 Å². The molecule has 1 saturated heterocycles. The van der Waals surface area contributed by atoms with Gasteiger partial charge in [-0.25, -0.2) is 0 Å². The molecular weight excluding hydrogens is 350 g/mol. The maximum atomic E-state index is 12.1. The molecule has 1 fully saturated rings. The minimum absolute atomic E-state index is 0.100. The van der Waals surface area contributed by atoms with Crippen LogP contribution in [0, 0.1) is 0 Å². The Hall–Kier alpha value is -2.04. The van der Waals surface area contributed by atoms with Gasteiger partial charge in [-0.05, 0) is 37.1 Å². The fourth-order valence-electron chi connectivity index (χ4n) is 3.57. The number of unbranched alkanes of at least 4 members (excludes halogenated alkanes) is 5. The van der Waals surface area contributed by atoms with Crippen molar-refractivity contribution in [3.63, 3.8) is 0 Å². The predicted octanol–water partition coefficient (Wildman–Crippen LogP) is 4.82. The maximum absolute atomic E-state index is 12.1. The van der Waals surface area contributed by atoms with Gasteiger partial charge in [0.05, 0.1) is 0 Å². The first-order valence-corrected chi connectivity index (χ1v) is 11.1. The SMILES string of the molecule is CCCCCCCC(=O)Nc1ccc(N2CCN(C(=O)CCCC)CC2)cc1. The molecule has 2 amide bonds. The van der Waals surface area contributed by atoms with Crippen LogP contribution in [-0.2, 0) is 9.59 Å². The fraction of sp³-hybridized carbons (Fsp3) is 0.652. The van der Waals surface area contributed by atoms with Gasteiger partial charge in [0.15, 0.2) is 0 Å². The van der Waals surface area contributed by atoms with E-state index >= 15 is 0 Å².